The minimum absolute atomic E-state index is 0.405. The normalized spacial score (nSPS) is 15.4. The van der Waals surface area contributed by atoms with Gasteiger partial charge in [0.15, 0.2) is 0 Å². The number of benzene rings is 1. The summed E-state index contributed by atoms with van der Waals surface area (Å²) < 4.78 is 27.2. The molecule has 4 nitrogen and oxygen atoms in total. The molecule has 0 bridgehead atoms. The molecule has 6 heteroatoms. The number of fused-ring (bicyclic) bond motifs is 1. The minimum Gasteiger partial charge on any atom is -0.399 e. The predicted molar refractivity (Wildman–Crippen MR) is 81.0 cm³/mol. The second-order valence-electron chi connectivity index (χ2n) is 4.88. The fraction of sp³-hybridized carbons (Fsp3) is 0.286. The lowest BCUT2D eigenvalue weighted by molar-refractivity contribution is 0.433. The molecular weight excluding hydrogens is 292 g/mol. The second kappa shape index (κ2) is 4.87. The maximum atomic E-state index is 12.6. The molecule has 0 unspecified atom stereocenters. The molecule has 0 atom stereocenters. The van der Waals surface area contributed by atoms with Gasteiger partial charge in [0.2, 0.25) is 0 Å². The van der Waals surface area contributed by atoms with Gasteiger partial charge in [-0.15, -0.1) is 11.3 Å². The van der Waals surface area contributed by atoms with E-state index in [-0.39, 0.29) is 0 Å². The first-order valence-corrected chi connectivity index (χ1v) is 8.72. The zero-order valence-corrected chi connectivity index (χ0v) is 12.8. The van der Waals surface area contributed by atoms with Crippen LogP contribution in [0.5, 0.6) is 0 Å². The molecule has 2 heterocycles. The SMILES string of the molecule is CCc1ccc(S(=O)(=O)N2Cc3ccc(N)cc3C2)s1. The van der Waals surface area contributed by atoms with E-state index in [1.807, 2.05) is 31.2 Å². The molecule has 0 fully saturated rings. The van der Waals surface area contributed by atoms with Gasteiger partial charge < -0.3 is 5.73 Å². The second-order valence-corrected chi connectivity index (χ2v) is 8.21. The molecule has 1 aliphatic heterocycles. The molecule has 0 spiro atoms. The van der Waals surface area contributed by atoms with Gasteiger partial charge in [0.05, 0.1) is 0 Å². The van der Waals surface area contributed by atoms with Crippen LogP contribution >= 0.6 is 11.3 Å². The first-order valence-electron chi connectivity index (χ1n) is 6.47. The molecule has 1 aromatic carbocycles. The number of thiophene rings is 1. The van der Waals surface area contributed by atoms with E-state index >= 15 is 0 Å². The molecule has 1 aromatic heterocycles. The summed E-state index contributed by atoms with van der Waals surface area (Å²) in [5.41, 5.74) is 8.46. The summed E-state index contributed by atoms with van der Waals surface area (Å²) in [5.74, 6) is 0. The average Bonchev–Trinajstić information content (AvgIpc) is 3.04. The quantitative estimate of drug-likeness (QED) is 0.887. The monoisotopic (exact) mass is 308 g/mol. The van der Waals surface area contributed by atoms with E-state index in [9.17, 15) is 8.42 Å². The van der Waals surface area contributed by atoms with Crippen molar-refractivity contribution >= 4 is 27.0 Å². The molecule has 0 amide bonds. The van der Waals surface area contributed by atoms with E-state index in [1.54, 1.807) is 6.07 Å². The maximum Gasteiger partial charge on any atom is 0.253 e. The summed E-state index contributed by atoms with van der Waals surface area (Å²) in [7, 11) is -3.40. The smallest absolute Gasteiger partial charge is 0.253 e. The van der Waals surface area contributed by atoms with E-state index in [1.165, 1.54) is 15.6 Å². The van der Waals surface area contributed by atoms with Gasteiger partial charge in [-0.2, -0.15) is 4.31 Å². The van der Waals surface area contributed by atoms with Gasteiger partial charge in [0, 0.05) is 23.7 Å². The van der Waals surface area contributed by atoms with Crippen LogP contribution in [-0.2, 0) is 29.5 Å². The molecule has 0 saturated carbocycles. The zero-order chi connectivity index (χ0) is 14.3. The average molecular weight is 308 g/mol. The Morgan fingerprint density at radius 1 is 1.20 bits per heavy atom. The van der Waals surface area contributed by atoms with Gasteiger partial charge in [0.25, 0.3) is 10.0 Å². The third kappa shape index (κ3) is 2.24. The maximum absolute atomic E-state index is 12.6. The van der Waals surface area contributed by atoms with Crippen molar-refractivity contribution in [2.24, 2.45) is 0 Å². The minimum atomic E-state index is -3.40. The molecular formula is C14H16N2O2S2. The standard InChI is InChI=1S/C14H16N2O2S2/c1-2-13-5-6-14(19-13)20(17,18)16-8-10-3-4-12(15)7-11(10)9-16/h3-7H,2,8-9,15H2,1H3. The Bertz CT molecular complexity index is 750. The fourth-order valence-electron chi connectivity index (χ4n) is 2.37. The summed E-state index contributed by atoms with van der Waals surface area (Å²) in [5, 5.41) is 0. The highest BCUT2D eigenvalue weighted by Crippen LogP contribution is 2.32. The van der Waals surface area contributed by atoms with Gasteiger partial charge >= 0.3 is 0 Å². The number of sulfonamides is 1. The third-order valence-corrected chi connectivity index (χ3v) is 6.99. The predicted octanol–water partition coefficient (Wildman–Crippen LogP) is 2.60. The number of aryl methyl sites for hydroxylation is 1. The lowest BCUT2D eigenvalue weighted by atomic mass is 10.1. The number of anilines is 1. The van der Waals surface area contributed by atoms with Gasteiger partial charge in [0.1, 0.15) is 4.21 Å². The Balaban J connectivity index is 1.91. The summed E-state index contributed by atoms with van der Waals surface area (Å²) >= 11 is 1.35. The van der Waals surface area contributed by atoms with E-state index in [2.05, 4.69) is 0 Å². The number of nitrogens with zero attached hydrogens (tertiary/aromatic N) is 1. The van der Waals surface area contributed by atoms with Gasteiger partial charge in [-0.1, -0.05) is 13.0 Å². The van der Waals surface area contributed by atoms with Crippen LogP contribution < -0.4 is 5.73 Å². The number of nitrogens with two attached hydrogens (primary N) is 1. The van der Waals surface area contributed by atoms with Gasteiger partial charge in [-0.3, -0.25) is 0 Å². The molecule has 2 N–H and O–H groups in total. The highest BCUT2D eigenvalue weighted by molar-refractivity contribution is 7.91. The van der Waals surface area contributed by atoms with Crippen LogP contribution in [0.25, 0.3) is 0 Å². The lowest BCUT2D eigenvalue weighted by Gasteiger charge is -2.13. The van der Waals surface area contributed by atoms with Crippen LogP contribution in [0.2, 0.25) is 0 Å². The van der Waals surface area contributed by atoms with E-state index in [4.69, 9.17) is 5.73 Å². The number of rotatable bonds is 3. The highest BCUT2D eigenvalue weighted by Gasteiger charge is 2.31. The Morgan fingerprint density at radius 3 is 2.65 bits per heavy atom. The van der Waals surface area contributed by atoms with Crippen molar-refractivity contribution < 1.29 is 8.42 Å². The summed E-state index contributed by atoms with van der Waals surface area (Å²) in [6.45, 7) is 2.86. The van der Waals surface area contributed by atoms with E-state index in [0.717, 1.165) is 22.4 Å². The molecule has 0 radical (unpaired) electrons. The molecule has 1 aliphatic rings. The van der Waals surface area contributed by atoms with Crippen LogP contribution in [0.1, 0.15) is 22.9 Å². The van der Waals surface area contributed by atoms with Gasteiger partial charge in [-0.25, -0.2) is 8.42 Å². The topological polar surface area (TPSA) is 63.4 Å². The van der Waals surface area contributed by atoms with Crippen LogP contribution in [-0.4, -0.2) is 12.7 Å². The van der Waals surface area contributed by atoms with Crippen molar-refractivity contribution in [3.05, 3.63) is 46.3 Å². The first-order chi connectivity index (χ1) is 9.50. The van der Waals surface area contributed by atoms with Crippen LogP contribution in [0.3, 0.4) is 0 Å². The fourth-order valence-corrected chi connectivity index (χ4v) is 5.21. The highest BCUT2D eigenvalue weighted by atomic mass is 32.2. The molecule has 2 aromatic rings. The van der Waals surface area contributed by atoms with Crippen LogP contribution in [0, 0.1) is 0 Å². The zero-order valence-electron chi connectivity index (χ0n) is 11.2. The molecule has 106 valence electrons. The Hall–Kier alpha value is -1.37. The summed E-state index contributed by atoms with van der Waals surface area (Å²) in [6.07, 6.45) is 0.858. The van der Waals surface area contributed by atoms with Crippen molar-refractivity contribution in [3.8, 4) is 0 Å². The Kier molecular flexibility index (Phi) is 3.32. The Labute approximate surface area is 122 Å². The van der Waals surface area contributed by atoms with E-state index in [0.29, 0.717) is 23.0 Å². The van der Waals surface area contributed by atoms with Crippen molar-refractivity contribution in [2.75, 3.05) is 5.73 Å². The number of hydrogen-bond donors (Lipinski definition) is 1. The van der Waals surface area contributed by atoms with Crippen LogP contribution in [0.15, 0.2) is 34.5 Å². The van der Waals surface area contributed by atoms with Crippen molar-refractivity contribution in [1.82, 2.24) is 4.31 Å². The number of hydrogen-bond acceptors (Lipinski definition) is 4. The van der Waals surface area contributed by atoms with Crippen molar-refractivity contribution in [2.45, 2.75) is 30.6 Å². The lowest BCUT2D eigenvalue weighted by Crippen LogP contribution is -2.24. The van der Waals surface area contributed by atoms with Crippen molar-refractivity contribution in [1.29, 1.82) is 0 Å². The van der Waals surface area contributed by atoms with Gasteiger partial charge in [-0.05, 0) is 41.8 Å². The molecule has 0 aliphatic carbocycles. The number of nitrogen functional groups attached to an aromatic ring is 1. The van der Waals surface area contributed by atoms with Crippen LogP contribution in [0.4, 0.5) is 5.69 Å². The first kappa shape index (κ1) is 13.6. The Morgan fingerprint density at radius 2 is 1.95 bits per heavy atom. The summed E-state index contributed by atoms with van der Waals surface area (Å²) in [4.78, 5) is 1.09. The summed E-state index contributed by atoms with van der Waals surface area (Å²) in [6, 6.07) is 9.17. The third-order valence-electron chi connectivity index (χ3n) is 3.50. The van der Waals surface area contributed by atoms with E-state index < -0.39 is 10.0 Å². The molecule has 0 saturated heterocycles. The largest absolute Gasteiger partial charge is 0.399 e. The molecule has 3 rings (SSSR count). The molecule has 20 heavy (non-hydrogen) atoms. The van der Waals surface area contributed by atoms with Crippen molar-refractivity contribution in [3.63, 3.8) is 0 Å².